The van der Waals surface area contributed by atoms with Crippen LogP contribution in [0.25, 0.3) is 10.9 Å². The predicted molar refractivity (Wildman–Crippen MR) is 154 cm³/mol. The number of aromatic nitrogens is 3. The normalized spacial score (nSPS) is 21.7. The van der Waals surface area contributed by atoms with Crippen molar-refractivity contribution in [2.24, 2.45) is 5.92 Å². The lowest BCUT2D eigenvalue weighted by Crippen LogP contribution is -2.45. The monoisotopic (exact) mass is 606 g/mol. The molecular weight excluding hydrogens is 573 g/mol. The van der Waals surface area contributed by atoms with Gasteiger partial charge in [-0.25, -0.2) is 0 Å². The van der Waals surface area contributed by atoms with Crippen molar-refractivity contribution < 1.29 is 27.4 Å². The molecule has 1 saturated heterocycles. The SMILES string of the molecule is CN1CCC2Nc3cccc4c3cc(n4CC(F)(F)F)C#CCNC(=O)c3cn(nc3Cl)CCOCCOCCC2C1. The summed E-state index contributed by atoms with van der Waals surface area (Å²) in [5.74, 6) is 5.44. The molecule has 13 heteroatoms. The quantitative estimate of drug-likeness (QED) is 0.408. The number of fused-ring (bicyclic) bond motifs is 4. The Kier molecular flexibility index (Phi) is 9.63. The summed E-state index contributed by atoms with van der Waals surface area (Å²) in [5, 5.41) is 11.1. The van der Waals surface area contributed by atoms with Crippen molar-refractivity contribution in [1.82, 2.24) is 24.6 Å². The van der Waals surface area contributed by atoms with Gasteiger partial charge >= 0.3 is 6.18 Å². The Morgan fingerprint density at radius 3 is 2.76 bits per heavy atom. The van der Waals surface area contributed by atoms with Gasteiger partial charge in [0, 0.05) is 36.5 Å². The predicted octanol–water partition coefficient (Wildman–Crippen LogP) is 4.00. The van der Waals surface area contributed by atoms with E-state index < -0.39 is 18.6 Å². The van der Waals surface area contributed by atoms with Gasteiger partial charge in [-0.05, 0) is 56.5 Å². The van der Waals surface area contributed by atoms with Crippen LogP contribution in [-0.2, 0) is 22.6 Å². The topological polar surface area (TPSA) is 85.6 Å². The second-order valence-corrected chi connectivity index (χ2v) is 11.0. The molecule has 0 aliphatic carbocycles. The first kappa shape index (κ1) is 30.2. The van der Waals surface area contributed by atoms with E-state index in [9.17, 15) is 18.0 Å². The van der Waals surface area contributed by atoms with Gasteiger partial charge in [0.1, 0.15) is 6.54 Å². The van der Waals surface area contributed by atoms with Gasteiger partial charge in [0.15, 0.2) is 5.15 Å². The minimum Gasteiger partial charge on any atom is -0.381 e. The lowest BCUT2D eigenvalue weighted by Gasteiger charge is -2.38. The molecule has 42 heavy (non-hydrogen) atoms. The Balaban J connectivity index is 1.45. The number of ether oxygens (including phenoxy) is 2. The van der Waals surface area contributed by atoms with Gasteiger partial charge in [0.2, 0.25) is 0 Å². The Hall–Kier alpha value is -3.24. The summed E-state index contributed by atoms with van der Waals surface area (Å²) in [6.07, 6.45) is -1.19. The number of nitrogens with one attached hydrogen (secondary N) is 2. The number of nitrogens with zero attached hydrogens (tertiary/aromatic N) is 4. The number of halogens is 4. The van der Waals surface area contributed by atoms with E-state index in [-0.39, 0.29) is 29.0 Å². The molecule has 2 aromatic heterocycles. The molecule has 2 aliphatic heterocycles. The molecule has 4 heterocycles. The van der Waals surface area contributed by atoms with E-state index in [4.69, 9.17) is 21.1 Å². The maximum absolute atomic E-state index is 13.6. The number of benzene rings is 1. The van der Waals surface area contributed by atoms with Crippen molar-refractivity contribution in [3.05, 3.63) is 46.9 Å². The van der Waals surface area contributed by atoms with Gasteiger partial charge in [0.05, 0.1) is 49.7 Å². The van der Waals surface area contributed by atoms with Crippen molar-refractivity contribution in [3.8, 4) is 11.8 Å². The molecule has 1 aromatic carbocycles. The second-order valence-electron chi connectivity index (χ2n) is 10.6. The maximum atomic E-state index is 13.6. The van der Waals surface area contributed by atoms with Crippen LogP contribution in [0.4, 0.5) is 18.9 Å². The average molecular weight is 607 g/mol. The number of alkyl halides is 3. The van der Waals surface area contributed by atoms with Crippen LogP contribution in [0.1, 0.15) is 28.9 Å². The zero-order valence-electron chi connectivity index (χ0n) is 23.3. The average Bonchev–Trinajstić information content (AvgIpc) is 3.48. The van der Waals surface area contributed by atoms with Crippen molar-refractivity contribution >= 4 is 34.1 Å². The summed E-state index contributed by atoms with van der Waals surface area (Å²) in [5.41, 5.74) is 1.59. The zero-order chi connectivity index (χ0) is 29.7. The molecule has 2 unspecified atom stereocenters. The number of hydrogen-bond donors (Lipinski definition) is 2. The molecule has 2 atom stereocenters. The number of likely N-dealkylation sites (tertiary alicyclic amines) is 1. The molecular formula is C29H34ClF3N6O3. The van der Waals surface area contributed by atoms with Gasteiger partial charge in [-0.15, -0.1) is 0 Å². The first-order chi connectivity index (χ1) is 20.2. The molecule has 3 aromatic rings. The van der Waals surface area contributed by atoms with E-state index in [1.807, 2.05) is 6.07 Å². The minimum absolute atomic E-state index is 0.0373. The van der Waals surface area contributed by atoms with Crippen LogP contribution in [0.3, 0.4) is 0 Å². The molecule has 9 nitrogen and oxygen atoms in total. The number of rotatable bonds is 1. The van der Waals surface area contributed by atoms with Crippen LogP contribution in [0.5, 0.6) is 0 Å². The molecule has 226 valence electrons. The molecule has 0 spiro atoms. The fourth-order valence-electron chi connectivity index (χ4n) is 5.49. The molecule has 0 radical (unpaired) electrons. The van der Waals surface area contributed by atoms with Crippen LogP contribution in [-0.4, -0.2) is 90.5 Å². The van der Waals surface area contributed by atoms with E-state index in [1.165, 1.54) is 15.4 Å². The lowest BCUT2D eigenvalue weighted by atomic mass is 9.89. The summed E-state index contributed by atoms with van der Waals surface area (Å²) >= 11 is 6.16. The standard InChI is InChI=1S/C29H34ClF3N6O3/c1-37-10-7-24-20(17-37)8-12-41-14-15-42-13-11-38-18-23(27(30)36-38)28(40)34-9-3-4-21-16-22-25(35-24)5-2-6-26(22)39(21)19-29(31,32)33/h2,5-6,16,18,20,24,35H,7-15,17,19H2,1H3,(H,34,40). The summed E-state index contributed by atoms with van der Waals surface area (Å²) in [6.45, 7) is 2.76. The van der Waals surface area contributed by atoms with Gasteiger partial charge < -0.3 is 29.6 Å². The van der Waals surface area contributed by atoms with Crippen molar-refractivity contribution in [2.75, 3.05) is 58.4 Å². The first-order valence-corrected chi connectivity index (χ1v) is 14.4. The summed E-state index contributed by atoms with van der Waals surface area (Å²) in [6, 6.07) is 7.14. The van der Waals surface area contributed by atoms with Gasteiger partial charge in [-0.2, -0.15) is 18.3 Å². The molecule has 0 saturated carbocycles. The van der Waals surface area contributed by atoms with Crippen LogP contribution in [0, 0.1) is 17.8 Å². The van der Waals surface area contributed by atoms with Crippen LogP contribution < -0.4 is 10.6 Å². The lowest BCUT2D eigenvalue weighted by molar-refractivity contribution is -0.140. The molecule has 5 rings (SSSR count). The van der Waals surface area contributed by atoms with Crippen LogP contribution >= 0.6 is 11.6 Å². The van der Waals surface area contributed by atoms with E-state index in [2.05, 4.69) is 39.5 Å². The highest BCUT2D eigenvalue weighted by atomic mass is 35.5. The molecule has 1 fully saturated rings. The second kappa shape index (κ2) is 13.4. The largest absolute Gasteiger partial charge is 0.406 e. The first-order valence-electron chi connectivity index (χ1n) is 14.0. The minimum atomic E-state index is -4.44. The number of amides is 1. The number of anilines is 1. The Morgan fingerprint density at radius 1 is 1.14 bits per heavy atom. The maximum Gasteiger partial charge on any atom is 0.406 e. The van der Waals surface area contributed by atoms with Crippen LogP contribution in [0.2, 0.25) is 5.15 Å². The van der Waals surface area contributed by atoms with Gasteiger partial charge in [0.25, 0.3) is 5.91 Å². The third-order valence-corrected chi connectivity index (χ3v) is 7.83. The smallest absolute Gasteiger partial charge is 0.381 e. The number of carbonyl (C=O) groups excluding carboxylic acids is 1. The van der Waals surface area contributed by atoms with E-state index >= 15 is 0 Å². The highest BCUT2D eigenvalue weighted by molar-refractivity contribution is 6.32. The van der Waals surface area contributed by atoms with Crippen molar-refractivity contribution in [3.63, 3.8) is 0 Å². The summed E-state index contributed by atoms with van der Waals surface area (Å²) in [4.78, 5) is 15.0. The molecule has 2 N–H and O–H groups in total. The zero-order valence-corrected chi connectivity index (χ0v) is 24.1. The Morgan fingerprint density at radius 2 is 1.95 bits per heavy atom. The summed E-state index contributed by atoms with van der Waals surface area (Å²) in [7, 11) is 2.09. The van der Waals surface area contributed by atoms with E-state index in [0.717, 1.165) is 31.6 Å². The van der Waals surface area contributed by atoms with Crippen LogP contribution in [0.15, 0.2) is 30.5 Å². The Labute approximate surface area is 247 Å². The molecule has 2 aliphatic rings. The fourth-order valence-corrected chi connectivity index (χ4v) is 5.73. The Bertz CT molecular complexity index is 1460. The number of carbonyl (C=O) groups is 1. The fraction of sp³-hybridized carbons (Fsp3) is 0.517. The van der Waals surface area contributed by atoms with Crippen molar-refractivity contribution in [2.45, 2.75) is 38.1 Å². The van der Waals surface area contributed by atoms with E-state index in [1.54, 1.807) is 18.2 Å². The third kappa shape index (κ3) is 7.58. The van der Waals surface area contributed by atoms with Gasteiger partial charge in [-0.3, -0.25) is 9.48 Å². The highest BCUT2D eigenvalue weighted by Crippen LogP contribution is 2.32. The summed E-state index contributed by atoms with van der Waals surface area (Å²) < 4.78 is 55.1. The van der Waals surface area contributed by atoms with Gasteiger partial charge in [-0.1, -0.05) is 23.6 Å². The molecule has 1 amide bonds. The number of piperidine rings is 1. The number of hydrogen-bond acceptors (Lipinski definition) is 6. The highest BCUT2D eigenvalue weighted by Gasteiger charge is 2.31. The molecule has 4 bridgehead atoms. The van der Waals surface area contributed by atoms with Crippen molar-refractivity contribution in [1.29, 1.82) is 0 Å². The third-order valence-electron chi connectivity index (χ3n) is 7.55. The van der Waals surface area contributed by atoms with E-state index in [0.29, 0.717) is 49.8 Å².